The largest absolute Gasteiger partial charge is 0.497 e. The number of aromatic nitrogens is 3. The molecule has 1 aromatic carbocycles. The van der Waals surface area contributed by atoms with Crippen molar-refractivity contribution in [1.82, 2.24) is 14.5 Å². The number of ether oxygens (including phenoxy) is 1. The van der Waals surface area contributed by atoms with Crippen LogP contribution in [0.3, 0.4) is 0 Å². The van der Waals surface area contributed by atoms with Gasteiger partial charge in [0.1, 0.15) is 23.9 Å². The molecule has 0 radical (unpaired) electrons. The van der Waals surface area contributed by atoms with E-state index >= 15 is 0 Å². The fraction of sp³-hybridized carbons (Fsp3) is 0.333. The van der Waals surface area contributed by atoms with Crippen LogP contribution in [0.2, 0.25) is 0 Å². The van der Waals surface area contributed by atoms with E-state index in [1.807, 2.05) is 36.6 Å². The van der Waals surface area contributed by atoms with Gasteiger partial charge in [0, 0.05) is 6.07 Å². The van der Waals surface area contributed by atoms with Crippen LogP contribution in [0.4, 0.5) is 0 Å². The van der Waals surface area contributed by atoms with Crippen LogP contribution in [0.15, 0.2) is 28.8 Å². The number of benzene rings is 1. The number of oxazole rings is 1. The fourth-order valence-electron chi connectivity index (χ4n) is 2.33. The molecule has 2 heterocycles. The number of hydrogen-bond acceptors (Lipinski definition) is 4. The minimum absolute atomic E-state index is 0.209. The zero-order valence-corrected chi connectivity index (χ0v) is 12.9. The highest BCUT2D eigenvalue weighted by molar-refractivity contribution is 6.20. The van der Waals surface area contributed by atoms with Gasteiger partial charge in [0.2, 0.25) is 5.89 Å². The number of nitrogens with zero attached hydrogens (tertiary/aromatic N) is 3. The fourth-order valence-corrected chi connectivity index (χ4v) is 2.49. The Kier molecular flexibility index (Phi) is 3.59. The highest BCUT2D eigenvalue weighted by Crippen LogP contribution is 2.28. The van der Waals surface area contributed by atoms with E-state index in [4.69, 9.17) is 20.8 Å². The Morgan fingerprint density at radius 2 is 2.24 bits per heavy atom. The predicted molar refractivity (Wildman–Crippen MR) is 80.9 cm³/mol. The minimum Gasteiger partial charge on any atom is -0.497 e. The van der Waals surface area contributed by atoms with Gasteiger partial charge in [-0.3, -0.25) is 0 Å². The van der Waals surface area contributed by atoms with Crippen molar-refractivity contribution in [1.29, 1.82) is 0 Å². The highest BCUT2D eigenvalue weighted by Gasteiger charge is 2.17. The Hall–Kier alpha value is -2.01. The van der Waals surface area contributed by atoms with Gasteiger partial charge in [0.25, 0.3) is 0 Å². The summed E-state index contributed by atoms with van der Waals surface area (Å²) < 4.78 is 12.9. The molecule has 0 saturated carbocycles. The number of aryl methyl sites for hydroxylation is 1. The summed E-state index contributed by atoms with van der Waals surface area (Å²) in [5.41, 5.74) is 1.83. The Morgan fingerprint density at radius 1 is 1.43 bits per heavy atom. The molecule has 0 saturated heterocycles. The normalized spacial score (nSPS) is 12.8. The van der Waals surface area contributed by atoms with Gasteiger partial charge in [-0.05, 0) is 26.0 Å². The monoisotopic (exact) mass is 305 g/mol. The maximum absolute atomic E-state index is 6.26. The first-order chi connectivity index (χ1) is 10.1. The molecule has 5 nitrogen and oxygen atoms in total. The quantitative estimate of drug-likeness (QED) is 0.690. The lowest BCUT2D eigenvalue weighted by Crippen LogP contribution is -2.06. The van der Waals surface area contributed by atoms with Crippen LogP contribution in [0.5, 0.6) is 5.75 Å². The summed E-state index contributed by atoms with van der Waals surface area (Å²) >= 11 is 6.26. The van der Waals surface area contributed by atoms with Gasteiger partial charge in [-0.1, -0.05) is 0 Å². The third-order valence-electron chi connectivity index (χ3n) is 3.30. The molecule has 0 aliphatic heterocycles. The van der Waals surface area contributed by atoms with E-state index in [9.17, 15) is 0 Å². The van der Waals surface area contributed by atoms with Gasteiger partial charge in [-0.2, -0.15) is 0 Å². The number of methoxy groups -OCH3 is 1. The van der Waals surface area contributed by atoms with Crippen LogP contribution >= 0.6 is 11.6 Å². The molecule has 0 fully saturated rings. The van der Waals surface area contributed by atoms with Crippen molar-refractivity contribution in [3.63, 3.8) is 0 Å². The molecule has 2 aromatic heterocycles. The predicted octanol–water partition coefficient (Wildman–Crippen LogP) is 3.69. The van der Waals surface area contributed by atoms with Crippen LogP contribution in [-0.2, 0) is 6.54 Å². The molecule has 0 spiro atoms. The summed E-state index contributed by atoms with van der Waals surface area (Å²) in [7, 11) is 1.64. The van der Waals surface area contributed by atoms with Gasteiger partial charge < -0.3 is 13.7 Å². The lowest BCUT2D eigenvalue weighted by Gasteiger charge is -2.08. The highest BCUT2D eigenvalue weighted by atomic mass is 35.5. The van der Waals surface area contributed by atoms with E-state index in [1.54, 1.807) is 13.3 Å². The van der Waals surface area contributed by atoms with Gasteiger partial charge >= 0.3 is 0 Å². The van der Waals surface area contributed by atoms with E-state index in [0.717, 1.165) is 28.4 Å². The molecule has 0 N–H and O–H groups in total. The second-order valence-corrected chi connectivity index (χ2v) is 5.55. The maximum atomic E-state index is 6.26. The number of imidazole rings is 1. The molecular weight excluding hydrogens is 290 g/mol. The maximum Gasteiger partial charge on any atom is 0.214 e. The zero-order chi connectivity index (χ0) is 15.0. The van der Waals surface area contributed by atoms with Crippen LogP contribution in [-0.4, -0.2) is 21.6 Å². The van der Waals surface area contributed by atoms with E-state index < -0.39 is 0 Å². The zero-order valence-electron chi connectivity index (χ0n) is 12.1. The second-order valence-electron chi connectivity index (χ2n) is 4.89. The van der Waals surface area contributed by atoms with Crippen molar-refractivity contribution in [2.24, 2.45) is 0 Å². The molecule has 21 heavy (non-hydrogen) atoms. The summed E-state index contributed by atoms with van der Waals surface area (Å²) in [4.78, 5) is 8.85. The van der Waals surface area contributed by atoms with Crippen molar-refractivity contribution < 1.29 is 9.15 Å². The van der Waals surface area contributed by atoms with Crippen molar-refractivity contribution >= 4 is 22.6 Å². The Labute approximate surface area is 127 Å². The molecule has 0 aliphatic rings. The average molecular weight is 306 g/mol. The number of halogens is 1. The van der Waals surface area contributed by atoms with Crippen LogP contribution in [0, 0.1) is 6.92 Å². The van der Waals surface area contributed by atoms with Gasteiger partial charge in [0.15, 0.2) is 0 Å². The van der Waals surface area contributed by atoms with Crippen LogP contribution in [0.25, 0.3) is 11.0 Å². The molecule has 0 amide bonds. The summed E-state index contributed by atoms with van der Waals surface area (Å²) in [6.45, 7) is 4.26. The molecule has 0 bridgehead atoms. The van der Waals surface area contributed by atoms with Crippen LogP contribution < -0.4 is 4.74 Å². The number of alkyl halides is 1. The van der Waals surface area contributed by atoms with Crippen molar-refractivity contribution in [2.45, 2.75) is 25.8 Å². The third kappa shape index (κ3) is 2.61. The molecule has 1 atom stereocenters. The first-order valence-corrected chi connectivity index (χ1v) is 7.11. The van der Waals surface area contributed by atoms with Crippen molar-refractivity contribution in [2.75, 3.05) is 7.11 Å². The molecule has 1 unspecified atom stereocenters. The first kappa shape index (κ1) is 13.9. The van der Waals surface area contributed by atoms with Gasteiger partial charge in [-0.15, -0.1) is 11.6 Å². The summed E-state index contributed by atoms with van der Waals surface area (Å²) in [6.07, 6.45) is 1.71. The Bertz CT molecular complexity index is 776. The van der Waals surface area contributed by atoms with Crippen LogP contribution in [0.1, 0.15) is 29.8 Å². The topological polar surface area (TPSA) is 53.1 Å². The number of hydrogen-bond donors (Lipinski definition) is 0. The SMILES string of the molecule is COc1ccc2nc(C(C)Cl)n(Cc3ncc(C)o3)c2c1. The average Bonchev–Trinajstić information content (AvgIpc) is 3.03. The smallest absolute Gasteiger partial charge is 0.214 e. The van der Waals surface area contributed by atoms with Crippen molar-refractivity contribution in [3.05, 3.63) is 41.9 Å². The molecule has 6 heteroatoms. The standard InChI is InChI=1S/C15H16ClN3O2/c1-9-7-17-14(21-9)8-19-13-6-11(20-3)4-5-12(13)18-15(19)10(2)16/h4-7,10H,8H2,1-3H3. The van der Waals surface area contributed by atoms with Crippen molar-refractivity contribution in [3.8, 4) is 5.75 Å². The summed E-state index contributed by atoms with van der Waals surface area (Å²) in [6, 6.07) is 5.76. The van der Waals surface area contributed by atoms with Gasteiger partial charge in [0.05, 0.1) is 29.7 Å². The molecule has 110 valence electrons. The van der Waals surface area contributed by atoms with E-state index in [2.05, 4.69) is 9.97 Å². The number of rotatable bonds is 4. The Balaban J connectivity index is 2.14. The first-order valence-electron chi connectivity index (χ1n) is 6.68. The summed E-state index contributed by atoms with van der Waals surface area (Å²) in [5.74, 6) is 2.98. The van der Waals surface area contributed by atoms with E-state index in [0.29, 0.717) is 12.4 Å². The molecule has 3 rings (SSSR count). The van der Waals surface area contributed by atoms with E-state index in [-0.39, 0.29) is 5.38 Å². The molecule has 3 aromatic rings. The lowest BCUT2D eigenvalue weighted by atomic mass is 10.3. The third-order valence-corrected chi connectivity index (χ3v) is 3.50. The van der Waals surface area contributed by atoms with Gasteiger partial charge in [-0.25, -0.2) is 9.97 Å². The second kappa shape index (κ2) is 5.41. The number of fused-ring (bicyclic) bond motifs is 1. The molecular formula is C15H16ClN3O2. The molecule has 0 aliphatic carbocycles. The Morgan fingerprint density at radius 3 is 2.86 bits per heavy atom. The summed E-state index contributed by atoms with van der Waals surface area (Å²) in [5, 5.41) is -0.209. The lowest BCUT2D eigenvalue weighted by molar-refractivity contribution is 0.415. The minimum atomic E-state index is -0.209. The van der Waals surface area contributed by atoms with E-state index in [1.165, 1.54) is 0 Å².